The third kappa shape index (κ3) is 4.20. The molecule has 0 unspecified atom stereocenters. The summed E-state index contributed by atoms with van der Waals surface area (Å²) in [6, 6.07) is 19.1. The molecule has 7 heteroatoms. The van der Waals surface area contributed by atoms with E-state index in [1.54, 1.807) is 31.9 Å². The van der Waals surface area contributed by atoms with Gasteiger partial charge in [-0.2, -0.15) is 5.26 Å². The van der Waals surface area contributed by atoms with E-state index in [1.807, 2.05) is 12.1 Å². The average molecular weight is 486 g/mol. The zero-order valence-electron chi connectivity index (χ0n) is 19.8. The molecule has 2 heterocycles. The molecule has 5 rings (SSSR count). The van der Waals surface area contributed by atoms with Gasteiger partial charge in [0.25, 0.3) is 0 Å². The topological polar surface area (TPSA) is 60.1 Å². The second-order valence-electron chi connectivity index (χ2n) is 8.41. The Bertz CT molecular complexity index is 1520. The number of nitriles is 1. The van der Waals surface area contributed by atoms with Crippen molar-refractivity contribution in [1.29, 1.82) is 5.26 Å². The maximum absolute atomic E-state index is 13.9. The number of hydrogen-bond acceptors (Lipinski definition) is 5. The van der Waals surface area contributed by atoms with Crippen LogP contribution in [-0.4, -0.2) is 22.9 Å². The van der Waals surface area contributed by atoms with E-state index >= 15 is 0 Å². The minimum atomic E-state index is -0.369. The summed E-state index contributed by atoms with van der Waals surface area (Å²) >= 11 is 1.67. The number of nitrogens with zero attached hydrogens (tertiary/aromatic N) is 3. The third-order valence-electron chi connectivity index (χ3n) is 6.23. The number of para-hydroxylation sites is 1. The van der Waals surface area contributed by atoms with Gasteiger partial charge in [-0.25, -0.2) is 9.37 Å². The van der Waals surface area contributed by atoms with Crippen LogP contribution in [0.2, 0.25) is 0 Å². The van der Waals surface area contributed by atoms with Crippen molar-refractivity contribution in [2.45, 2.75) is 31.6 Å². The van der Waals surface area contributed by atoms with Crippen LogP contribution in [0.5, 0.6) is 5.75 Å². The first kappa shape index (κ1) is 23.2. The maximum atomic E-state index is 13.9. The van der Waals surface area contributed by atoms with Gasteiger partial charge in [0.2, 0.25) is 0 Å². The molecule has 4 aromatic rings. The summed E-state index contributed by atoms with van der Waals surface area (Å²) < 4.78 is 27.6. The summed E-state index contributed by atoms with van der Waals surface area (Å²) in [6.07, 6.45) is 2.05. The molecule has 5 nitrogen and oxygen atoms in total. The number of hydrogen-bond donors (Lipinski definition) is 0. The third-order valence-corrected chi connectivity index (χ3v) is 7.00. The Hall–Kier alpha value is -3.60. The molecule has 35 heavy (non-hydrogen) atoms. The van der Waals surface area contributed by atoms with E-state index in [0.717, 1.165) is 49.6 Å². The van der Waals surface area contributed by atoms with Crippen molar-refractivity contribution >= 4 is 28.4 Å². The highest BCUT2D eigenvalue weighted by atomic mass is 32.2. The van der Waals surface area contributed by atoms with Crippen molar-refractivity contribution in [3.05, 3.63) is 94.1 Å². The molecule has 1 aliphatic heterocycles. The molecule has 1 aromatic heterocycles. The van der Waals surface area contributed by atoms with E-state index in [4.69, 9.17) is 14.5 Å². The van der Waals surface area contributed by atoms with Gasteiger partial charge in [-0.3, -0.25) is 0 Å². The smallest absolute Gasteiger partial charge is 0.136 e. The number of aromatic nitrogens is 2. The first-order chi connectivity index (χ1) is 17.0. The summed E-state index contributed by atoms with van der Waals surface area (Å²) in [6.45, 7) is 3.08. The van der Waals surface area contributed by atoms with Gasteiger partial charge in [-0.1, -0.05) is 18.2 Å². The molecule has 0 saturated heterocycles. The van der Waals surface area contributed by atoms with Crippen LogP contribution in [0, 0.1) is 17.1 Å². The molecule has 0 aliphatic carbocycles. The van der Waals surface area contributed by atoms with E-state index in [0.29, 0.717) is 24.5 Å². The van der Waals surface area contributed by atoms with Gasteiger partial charge in [0.05, 0.1) is 11.6 Å². The molecule has 3 aromatic carbocycles. The van der Waals surface area contributed by atoms with E-state index in [9.17, 15) is 9.65 Å². The standard InChI is InChI=1S/C28H24FN3O2S/c1-17(13-30)27-21-9-7-18(11-19(21)15-34-24-12-20(29)8-10-22(24)27)14-32-23-5-4-6-25(35-3)28(23)31-26(32)16-33-2/h4-12H,14-16H2,1-3H3/b27-17+. The number of fused-ring (bicyclic) bond motifs is 3. The Morgan fingerprint density at radius 3 is 2.80 bits per heavy atom. The van der Waals surface area contributed by atoms with Crippen LogP contribution in [0.1, 0.15) is 35.0 Å². The van der Waals surface area contributed by atoms with Gasteiger partial charge in [0.15, 0.2) is 0 Å². The summed E-state index contributed by atoms with van der Waals surface area (Å²) in [7, 11) is 1.67. The highest BCUT2D eigenvalue weighted by Crippen LogP contribution is 2.39. The molecule has 0 amide bonds. The van der Waals surface area contributed by atoms with Gasteiger partial charge in [0.1, 0.15) is 36.1 Å². The van der Waals surface area contributed by atoms with Crippen molar-refractivity contribution in [2.75, 3.05) is 13.4 Å². The number of thioether (sulfide) groups is 1. The SMILES string of the molecule is COCc1nc2c(SC)cccc2n1Cc1ccc2c(c1)COc1cc(F)ccc1/C2=C(\C)C#N. The van der Waals surface area contributed by atoms with Crippen LogP contribution < -0.4 is 4.74 Å². The molecular formula is C28H24FN3O2S. The zero-order chi connectivity index (χ0) is 24.5. The monoisotopic (exact) mass is 485 g/mol. The predicted octanol–water partition coefficient (Wildman–Crippen LogP) is 6.33. The van der Waals surface area contributed by atoms with Crippen molar-refractivity contribution in [2.24, 2.45) is 0 Å². The van der Waals surface area contributed by atoms with Crippen LogP contribution in [0.15, 0.2) is 65.1 Å². The predicted molar refractivity (Wildman–Crippen MR) is 136 cm³/mol. The molecule has 0 saturated carbocycles. The lowest BCUT2D eigenvalue weighted by atomic mass is 9.90. The van der Waals surface area contributed by atoms with Crippen molar-refractivity contribution in [1.82, 2.24) is 9.55 Å². The molecule has 0 bridgehead atoms. The van der Waals surface area contributed by atoms with Gasteiger partial charge >= 0.3 is 0 Å². The van der Waals surface area contributed by atoms with Gasteiger partial charge in [0, 0.05) is 41.3 Å². The van der Waals surface area contributed by atoms with Crippen molar-refractivity contribution < 1.29 is 13.9 Å². The fraction of sp³-hybridized carbons (Fsp3) is 0.214. The summed E-state index contributed by atoms with van der Waals surface area (Å²) in [5.74, 6) is 0.936. The van der Waals surface area contributed by atoms with E-state index in [1.165, 1.54) is 12.1 Å². The van der Waals surface area contributed by atoms with Crippen LogP contribution in [-0.2, 0) is 24.5 Å². The van der Waals surface area contributed by atoms with Crippen LogP contribution in [0.25, 0.3) is 16.6 Å². The first-order valence-corrected chi connectivity index (χ1v) is 12.4. The number of halogens is 1. The maximum Gasteiger partial charge on any atom is 0.136 e. The number of benzene rings is 3. The normalized spacial score (nSPS) is 14.0. The van der Waals surface area contributed by atoms with Crippen molar-refractivity contribution in [3.8, 4) is 11.8 Å². The van der Waals surface area contributed by atoms with Crippen LogP contribution >= 0.6 is 11.8 Å². The zero-order valence-corrected chi connectivity index (χ0v) is 20.6. The quantitative estimate of drug-likeness (QED) is 0.244. The lowest BCUT2D eigenvalue weighted by Gasteiger charge is -2.14. The molecule has 0 N–H and O–H groups in total. The minimum absolute atomic E-state index is 0.286. The lowest BCUT2D eigenvalue weighted by Crippen LogP contribution is -2.07. The Balaban J connectivity index is 1.60. The molecule has 0 atom stereocenters. The van der Waals surface area contributed by atoms with E-state index < -0.39 is 0 Å². The van der Waals surface area contributed by atoms with Gasteiger partial charge in [-0.15, -0.1) is 11.8 Å². The number of ether oxygens (including phenoxy) is 2. The second-order valence-corrected chi connectivity index (χ2v) is 9.26. The van der Waals surface area contributed by atoms with Gasteiger partial charge in [-0.05, 0) is 60.2 Å². The fourth-order valence-corrected chi connectivity index (χ4v) is 5.18. The molecule has 176 valence electrons. The molecule has 0 fully saturated rings. The Morgan fingerprint density at radius 2 is 2.03 bits per heavy atom. The van der Waals surface area contributed by atoms with E-state index in [2.05, 4.69) is 41.2 Å². The Kier molecular flexibility index (Phi) is 6.33. The lowest BCUT2D eigenvalue weighted by molar-refractivity contribution is 0.175. The highest BCUT2D eigenvalue weighted by Gasteiger charge is 2.23. The van der Waals surface area contributed by atoms with Crippen LogP contribution in [0.4, 0.5) is 4.39 Å². The first-order valence-electron chi connectivity index (χ1n) is 11.2. The number of methoxy groups -OCH3 is 1. The number of imidazole rings is 1. The summed E-state index contributed by atoms with van der Waals surface area (Å²) in [5, 5.41) is 9.69. The van der Waals surface area contributed by atoms with E-state index in [-0.39, 0.29) is 12.4 Å². The largest absolute Gasteiger partial charge is 0.488 e. The van der Waals surface area contributed by atoms with Crippen molar-refractivity contribution in [3.63, 3.8) is 0 Å². The number of allylic oxidation sites excluding steroid dienone is 1. The minimum Gasteiger partial charge on any atom is -0.488 e. The number of rotatable bonds is 5. The molecule has 1 aliphatic rings. The summed E-state index contributed by atoms with van der Waals surface area (Å²) in [4.78, 5) is 5.99. The van der Waals surface area contributed by atoms with Gasteiger partial charge < -0.3 is 14.0 Å². The Morgan fingerprint density at radius 1 is 1.20 bits per heavy atom. The molecular weight excluding hydrogens is 461 g/mol. The molecule has 0 spiro atoms. The summed E-state index contributed by atoms with van der Waals surface area (Å²) in [5.41, 5.74) is 7.04. The second kappa shape index (κ2) is 9.57. The average Bonchev–Trinajstić information content (AvgIpc) is 3.12. The Labute approximate surface area is 207 Å². The fourth-order valence-electron chi connectivity index (χ4n) is 4.62. The van der Waals surface area contributed by atoms with Crippen LogP contribution in [0.3, 0.4) is 0 Å². The molecule has 0 radical (unpaired) electrons. The highest BCUT2D eigenvalue weighted by molar-refractivity contribution is 7.98.